The van der Waals surface area contributed by atoms with E-state index >= 15 is 0 Å². The summed E-state index contributed by atoms with van der Waals surface area (Å²) in [5.41, 5.74) is 1.64. The molecule has 0 aliphatic carbocycles. The lowest BCUT2D eigenvalue weighted by Gasteiger charge is -2.10. The fourth-order valence-corrected chi connectivity index (χ4v) is 2.04. The van der Waals surface area contributed by atoms with Crippen LogP contribution in [-0.2, 0) is 11.2 Å². The molecule has 0 aromatic heterocycles. The number of nitrogens with zero attached hydrogens (tertiary/aromatic N) is 1. The van der Waals surface area contributed by atoms with Crippen molar-refractivity contribution in [3.8, 4) is 0 Å². The summed E-state index contributed by atoms with van der Waals surface area (Å²) >= 11 is 0. The second kappa shape index (κ2) is 4.57. The van der Waals surface area contributed by atoms with Crippen molar-refractivity contribution < 1.29 is 14.3 Å². The van der Waals surface area contributed by atoms with Crippen molar-refractivity contribution in [2.24, 2.45) is 0 Å². The third-order valence-corrected chi connectivity index (χ3v) is 2.90. The van der Waals surface area contributed by atoms with Crippen LogP contribution in [0.2, 0.25) is 0 Å². The Hall–Kier alpha value is -1.84. The molecule has 1 atom stereocenters. The molecule has 0 N–H and O–H groups in total. The number of rotatable bonds is 3. The normalized spacial score (nSPS) is 19.3. The van der Waals surface area contributed by atoms with E-state index in [0.717, 1.165) is 5.56 Å². The number of hydrogen-bond acceptors (Lipinski definition) is 3. The van der Waals surface area contributed by atoms with Crippen molar-refractivity contribution in [3.05, 3.63) is 35.4 Å². The quantitative estimate of drug-likeness (QED) is 0.749. The number of carbonyl (C=O) groups excluding carboxylic acids is 2. The Bertz CT molecular complexity index is 456. The molecule has 0 spiro atoms. The fourth-order valence-electron chi connectivity index (χ4n) is 2.04. The highest BCUT2D eigenvalue weighted by Crippen LogP contribution is 2.17. The van der Waals surface area contributed by atoms with Crippen LogP contribution in [0.3, 0.4) is 0 Å². The van der Waals surface area contributed by atoms with E-state index < -0.39 is 0 Å². The van der Waals surface area contributed by atoms with Gasteiger partial charge in [-0.25, -0.2) is 4.79 Å². The molecule has 1 fully saturated rings. The van der Waals surface area contributed by atoms with Gasteiger partial charge in [0.05, 0.1) is 6.54 Å². The number of Topliss-reactive ketones (excluding diaryl/α,β-unsaturated/α-hetero) is 1. The third-order valence-electron chi connectivity index (χ3n) is 2.90. The first-order valence-electron chi connectivity index (χ1n) is 5.58. The van der Waals surface area contributed by atoms with Gasteiger partial charge in [-0.2, -0.15) is 0 Å². The lowest BCUT2D eigenvalue weighted by Crippen LogP contribution is -2.20. The molecule has 1 aliphatic rings. The van der Waals surface area contributed by atoms with Crippen molar-refractivity contribution in [1.82, 2.24) is 4.90 Å². The summed E-state index contributed by atoms with van der Waals surface area (Å²) in [6.07, 6.45) is 0.134. The molecule has 1 aliphatic heterocycles. The first kappa shape index (κ1) is 11.6. The molecule has 0 saturated carbocycles. The maximum absolute atomic E-state index is 11.5. The number of cyclic esters (lactones) is 1. The zero-order valence-electron chi connectivity index (χ0n) is 9.97. The van der Waals surface area contributed by atoms with E-state index in [0.29, 0.717) is 18.5 Å². The van der Waals surface area contributed by atoms with Gasteiger partial charge in [0, 0.05) is 19.0 Å². The molecule has 17 heavy (non-hydrogen) atoms. The number of carbonyl (C=O) groups is 2. The highest BCUT2D eigenvalue weighted by molar-refractivity contribution is 5.95. The van der Waals surface area contributed by atoms with Crippen molar-refractivity contribution >= 4 is 11.9 Å². The molecule has 0 radical (unpaired) electrons. The molecule has 1 heterocycles. The van der Waals surface area contributed by atoms with Crippen LogP contribution in [0.15, 0.2) is 24.3 Å². The van der Waals surface area contributed by atoms with Crippen LogP contribution >= 0.6 is 0 Å². The first-order chi connectivity index (χ1) is 8.08. The minimum atomic E-state index is -0.296. The zero-order chi connectivity index (χ0) is 12.4. The number of likely N-dealkylation sites (N-methyl/N-ethyl adjacent to an activating group) is 1. The van der Waals surface area contributed by atoms with Gasteiger partial charge in [0.1, 0.15) is 6.10 Å². The van der Waals surface area contributed by atoms with Gasteiger partial charge in [-0.15, -0.1) is 0 Å². The predicted molar refractivity (Wildman–Crippen MR) is 63.0 cm³/mol. The van der Waals surface area contributed by atoms with Crippen LogP contribution in [-0.4, -0.2) is 36.5 Å². The van der Waals surface area contributed by atoms with Gasteiger partial charge < -0.3 is 9.64 Å². The highest BCUT2D eigenvalue weighted by atomic mass is 16.6. The largest absolute Gasteiger partial charge is 0.444 e. The number of ketones is 1. The van der Waals surface area contributed by atoms with E-state index in [4.69, 9.17) is 4.74 Å². The molecular weight excluding hydrogens is 218 g/mol. The topological polar surface area (TPSA) is 46.6 Å². The second-order valence-electron chi connectivity index (χ2n) is 4.30. The Kier molecular flexibility index (Phi) is 3.13. The number of ether oxygens (including phenoxy) is 1. The Morgan fingerprint density at radius 1 is 1.47 bits per heavy atom. The molecule has 1 aromatic rings. The molecule has 1 saturated heterocycles. The lowest BCUT2D eigenvalue weighted by molar-refractivity contribution is 0.101. The van der Waals surface area contributed by atoms with Crippen molar-refractivity contribution in [1.29, 1.82) is 0 Å². The smallest absolute Gasteiger partial charge is 0.409 e. The van der Waals surface area contributed by atoms with Crippen molar-refractivity contribution in [2.75, 3.05) is 13.6 Å². The summed E-state index contributed by atoms with van der Waals surface area (Å²) in [6, 6.07) is 7.44. The van der Waals surface area contributed by atoms with Gasteiger partial charge in [0.2, 0.25) is 0 Å². The van der Waals surface area contributed by atoms with Crippen molar-refractivity contribution in [2.45, 2.75) is 19.4 Å². The van der Waals surface area contributed by atoms with Gasteiger partial charge in [0.25, 0.3) is 0 Å². The molecule has 1 aromatic carbocycles. The molecular formula is C13H15NO3. The molecule has 90 valence electrons. The van der Waals surface area contributed by atoms with Gasteiger partial charge in [-0.1, -0.05) is 24.3 Å². The molecule has 4 heteroatoms. The van der Waals surface area contributed by atoms with Gasteiger partial charge >= 0.3 is 6.09 Å². The van der Waals surface area contributed by atoms with Gasteiger partial charge in [0.15, 0.2) is 5.78 Å². The molecule has 1 unspecified atom stereocenters. The maximum atomic E-state index is 11.5. The van der Waals surface area contributed by atoms with E-state index in [1.54, 1.807) is 24.9 Å². The summed E-state index contributed by atoms with van der Waals surface area (Å²) in [5, 5.41) is 0. The van der Waals surface area contributed by atoms with Crippen molar-refractivity contribution in [3.63, 3.8) is 0 Å². The average molecular weight is 233 g/mol. The maximum Gasteiger partial charge on any atom is 0.409 e. The molecule has 0 bridgehead atoms. The number of amides is 1. The summed E-state index contributed by atoms with van der Waals surface area (Å²) in [6.45, 7) is 2.12. The summed E-state index contributed by atoms with van der Waals surface area (Å²) < 4.78 is 5.19. The minimum Gasteiger partial charge on any atom is -0.444 e. The van der Waals surface area contributed by atoms with Crippen LogP contribution in [0.25, 0.3) is 0 Å². The van der Waals surface area contributed by atoms with Crippen LogP contribution in [0, 0.1) is 0 Å². The first-order valence-corrected chi connectivity index (χ1v) is 5.58. The Morgan fingerprint density at radius 3 is 2.76 bits per heavy atom. The highest BCUT2D eigenvalue weighted by Gasteiger charge is 2.28. The standard InChI is InChI=1S/C13H15NO3/c1-9(15)12-6-4-3-5-10(12)7-11-8-14(2)13(16)17-11/h3-6,11H,7-8H2,1-2H3. The Morgan fingerprint density at radius 2 is 2.18 bits per heavy atom. The van der Waals surface area contributed by atoms with E-state index in [1.165, 1.54) is 0 Å². The van der Waals surface area contributed by atoms with Gasteiger partial charge in [-0.05, 0) is 12.5 Å². The van der Waals surface area contributed by atoms with E-state index in [2.05, 4.69) is 0 Å². The number of hydrogen-bond donors (Lipinski definition) is 0. The minimum absolute atomic E-state index is 0.0401. The zero-order valence-corrected chi connectivity index (χ0v) is 9.97. The summed E-state index contributed by atoms with van der Waals surface area (Å²) in [4.78, 5) is 24.2. The number of benzene rings is 1. The average Bonchev–Trinajstić information content (AvgIpc) is 2.58. The predicted octanol–water partition coefficient (Wildman–Crippen LogP) is 1.88. The van der Waals surface area contributed by atoms with Crippen LogP contribution < -0.4 is 0 Å². The second-order valence-corrected chi connectivity index (χ2v) is 4.30. The third kappa shape index (κ3) is 2.46. The van der Waals surface area contributed by atoms with E-state index in [1.807, 2.05) is 18.2 Å². The SMILES string of the molecule is CC(=O)c1ccccc1CC1CN(C)C(=O)O1. The summed E-state index contributed by atoms with van der Waals surface area (Å²) in [5.74, 6) is 0.0401. The van der Waals surface area contributed by atoms with Crippen LogP contribution in [0.1, 0.15) is 22.8 Å². The van der Waals surface area contributed by atoms with Crippen LogP contribution in [0.4, 0.5) is 4.79 Å². The van der Waals surface area contributed by atoms with Crippen LogP contribution in [0.5, 0.6) is 0 Å². The molecule has 1 amide bonds. The van der Waals surface area contributed by atoms with Gasteiger partial charge in [-0.3, -0.25) is 4.79 Å². The van der Waals surface area contributed by atoms with E-state index in [9.17, 15) is 9.59 Å². The summed E-state index contributed by atoms with van der Waals surface area (Å²) in [7, 11) is 1.71. The van der Waals surface area contributed by atoms with E-state index in [-0.39, 0.29) is 18.0 Å². The monoisotopic (exact) mass is 233 g/mol. The molecule has 2 rings (SSSR count). The Labute approximate surface area is 100 Å². The molecule has 4 nitrogen and oxygen atoms in total. The fraction of sp³-hybridized carbons (Fsp3) is 0.385. The Balaban J connectivity index is 2.14. The lowest BCUT2D eigenvalue weighted by atomic mass is 9.99.